The molecule has 3 amide bonds. The van der Waals surface area contributed by atoms with Crippen LogP contribution in [0.25, 0.3) is 0 Å². The van der Waals surface area contributed by atoms with E-state index in [1.807, 2.05) is 6.92 Å². The zero-order valence-corrected chi connectivity index (χ0v) is 12.2. The van der Waals surface area contributed by atoms with Crippen molar-refractivity contribution >= 4 is 23.7 Å². The highest BCUT2D eigenvalue weighted by molar-refractivity contribution is 7.99. The Morgan fingerprint density at radius 1 is 1.45 bits per heavy atom. The van der Waals surface area contributed by atoms with Crippen LogP contribution in [0.3, 0.4) is 0 Å². The summed E-state index contributed by atoms with van der Waals surface area (Å²) < 4.78 is 1.51. The third kappa shape index (κ3) is 5.97. The van der Waals surface area contributed by atoms with Crippen molar-refractivity contribution in [2.45, 2.75) is 31.5 Å². The molecule has 1 rings (SSSR count). The van der Waals surface area contributed by atoms with Crippen LogP contribution in [0.1, 0.15) is 19.8 Å². The monoisotopic (exact) mass is 301 g/mol. The van der Waals surface area contributed by atoms with Crippen LogP contribution in [0, 0.1) is 0 Å². The van der Waals surface area contributed by atoms with Gasteiger partial charge in [0.25, 0.3) is 0 Å². The average Bonchev–Trinajstić information content (AvgIpc) is 2.84. The Morgan fingerprint density at radius 3 is 2.95 bits per heavy atom. The van der Waals surface area contributed by atoms with E-state index in [9.17, 15) is 9.59 Å². The molecule has 1 heterocycles. The number of aromatic nitrogens is 4. The lowest BCUT2D eigenvalue weighted by Crippen LogP contribution is -2.40. The van der Waals surface area contributed by atoms with Crippen LogP contribution >= 0.6 is 11.8 Å². The van der Waals surface area contributed by atoms with Crippen molar-refractivity contribution in [2.24, 2.45) is 5.73 Å². The van der Waals surface area contributed by atoms with Crippen LogP contribution in [0.2, 0.25) is 0 Å². The first-order valence-electron chi connectivity index (χ1n) is 6.34. The number of rotatable bonds is 8. The summed E-state index contributed by atoms with van der Waals surface area (Å²) in [6.45, 7) is 3.46. The van der Waals surface area contributed by atoms with Crippen LogP contribution in [0.15, 0.2) is 5.16 Å². The molecule has 4 N–H and O–H groups in total. The predicted octanol–water partition coefficient (Wildman–Crippen LogP) is -0.650. The second-order valence-electron chi connectivity index (χ2n) is 3.92. The lowest BCUT2D eigenvalue weighted by molar-refractivity contribution is -0.117. The van der Waals surface area contributed by atoms with Crippen LogP contribution in [0.5, 0.6) is 0 Å². The van der Waals surface area contributed by atoms with Crippen molar-refractivity contribution in [2.75, 3.05) is 18.8 Å². The number of urea groups is 1. The van der Waals surface area contributed by atoms with Crippen molar-refractivity contribution in [3.05, 3.63) is 0 Å². The van der Waals surface area contributed by atoms with E-state index in [1.165, 1.54) is 4.68 Å². The maximum Gasteiger partial charge on any atom is 0.321 e. The zero-order chi connectivity index (χ0) is 14.8. The molecule has 0 bridgehead atoms. The van der Waals surface area contributed by atoms with Gasteiger partial charge in [0, 0.05) is 13.1 Å². The van der Waals surface area contributed by atoms with Gasteiger partial charge in [-0.15, -0.1) is 5.10 Å². The van der Waals surface area contributed by atoms with Gasteiger partial charge in [-0.05, 0) is 16.8 Å². The van der Waals surface area contributed by atoms with Gasteiger partial charge in [-0.25, -0.2) is 9.48 Å². The van der Waals surface area contributed by atoms with Gasteiger partial charge in [0.15, 0.2) is 0 Å². The van der Waals surface area contributed by atoms with Crippen LogP contribution in [-0.4, -0.2) is 51.0 Å². The van der Waals surface area contributed by atoms with Crippen molar-refractivity contribution in [1.29, 1.82) is 0 Å². The van der Waals surface area contributed by atoms with Crippen LogP contribution in [0.4, 0.5) is 4.79 Å². The van der Waals surface area contributed by atoms with Crippen molar-refractivity contribution < 1.29 is 9.59 Å². The Balaban J connectivity index is 2.28. The van der Waals surface area contributed by atoms with E-state index in [0.29, 0.717) is 24.8 Å². The number of amides is 3. The lowest BCUT2D eigenvalue weighted by atomic mass is 10.3. The molecule has 0 fully saturated rings. The minimum Gasteiger partial charge on any atom is -0.338 e. The fraction of sp³-hybridized carbons (Fsp3) is 0.700. The zero-order valence-electron chi connectivity index (χ0n) is 11.3. The number of hydrogen-bond donors (Lipinski definition) is 3. The summed E-state index contributed by atoms with van der Waals surface area (Å²) in [6.07, 6.45) is 1.86. The topological polar surface area (TPSA) is 128 Å². The molecule has 0 unspecified atom stereocenters. The molecule has 112 valence electrons. The molecule has 0 aliphatic heterocycles. The lowest BCUT2D eigenvalue weighted by Gasteiger charge is -2.05. The Bertz CT molecular complexity index is 437. The van der Waals surface area contributed by atoms with Gasteiger partial charge in [0.05, 0.1) is 12.3 Å². The number of thioether (sulfide) groups is 1. The molecule has 1 aromatic rings. The van der Waals surface area contributed by atoms with Crippen LogP contribution in [-0.2, 0) is 11.3 Å². The smallest absolute Gasteiger partial charge is 0.321 e. The van der Waals surface area contributed by atoms with Gasteiger partial charge in [-0.1, -0.05) is 25.1 Å². The maximum atomic E-state index is 11.6. The molecule has 0 aromatic carbocycles. The largest absolute Gasteiger partial charge is 0.338 e. The number of hydrogen-bond acceptors (Lipinski definition) is 7. The van der Waals surface area contributed by atoms with Gasteiger partial charge < -0.3 is 11.1 Å². The number of carbonyl (C=O) groups excluding carboxylic acids is 2. The third-order valence-corrected chi connectivity index (χ3v) is 3.20. The van der Waals surface area contributed by atoms with Gasteiger partial charge in [-0.2, -0.15) is 0 Å². The maximum absolute atomic E-state index is 11.6. The molecule has 10 heteroatoms. The van der Waals surface area contributed by atoms with Crippen molar-refractivity contribution in [3.8, 4) is 0 Å². The molecule has 0 spiro atoms. The molecular formula is C10H19N7O2S. The van der Waals surface area contributed by atoms with E-state index in [4.69, 9.17) is 5.73 Å². The van der Waals surface area contributed by atoms with Crippen LogP contribution < -0.4 is 16.4 Å². The Kier molecular flexibility index (Phi) is 7.58. The summed E-state index contributed by atoms with van der Waals surface area (Å²) in [4.78, 5) is 22.9. The molecule has 0 aliphatic carbocycles. The Hall–Kier alpha value is -1.68. The fourth-order valence-electron chi connectivity index (χ4n) is 1.28. The first-order valence-corrected chi connectivity index (χ1v) is 7.32. The Labute approximate surface area is 121 Å². The molecule has 1 aromatic heterocycles. The second-order valence-corrected chi connectivity index (χ2v) is 4.86. The number of carbonyl (C=O) groups is 2. The normalized spacial score (nSPS) is 10.3. The summed E-state index contributed by atoms with van der Waals surface area (Å²) in [6, 6.07) is -0.481. The fourth-order valence-corrected chi connectivity index (χ4v) is 1.98. The second kappa shape index (κ2) is 9.26. The Morgan fingerprint density at radius 2 is 2.25 bits per heavy atom. The molecule has 0 atom stereocenters. The highest BCUT2D eigenvalue weighted by atomic mass is 32.2. The molecule has 20 heavy (non-hydrogen) atoms. The summed E-state index contributed by atoms with van der Waals surface area (Å²) in [7, 11) is 0. The summed E-state index contributed by atoms with van der Waals surface area (Å²) in [5.41, 5.74) is 5.41. The van der Waals surface area contributed by atoms with E-state index in [-0.39, 0.29) is 5.75 Å². The number of nitrogens with one attached hydrogen (secondary N) is 2. The number of nitrogens with zero attached hydrogens (tertiary/aromatic N) is 4. The van der Waals surface area contributed by atoms with Gasteiger partial charge in [0.1, 0.15) is 0 Å². The van der Waals surface area contributed by atoms with Gasteiger partial charge in [0.2, 0.25) is 11.1 Å². The van der Waals surface area contributed by atoms with Crippen molar-refractivity contribution in [1.82, 2.24) is 30.8 Å². The predicted molar refractivity (Wildman–Crippen MR) is 74.0 cm³/mol. The molecule has 9 nitrogen and oxygen atoms in total. The standard InChI is InChI=1S/C10H19N7O2S/c1-2-3-5-12-9(19)13-8(18)7-20-10-14-15-16-17(10)6-4-11/h2-7,11H2,1H3,(H2,12,13,18,19). The number of unbranched alkanes of at least 4 members (excludes halogenated alkanes) is 1. The number of imide groups is 1. The minimum atomic E-state index is -0.481. The highest BCUT2D eigenvalue weighted by Gasteiger charge is 2.11. The third-order valence-electron chi connectivity index (χ3n) is 2.24. The van der Waals surface area contributed by atoms with E-state index in [2.05, 4.69) is 26.2 Å². The van der Waals surface area contributed by atoms with Gasteiger partial charge in [-0.3, -0.25) is 10.1 Å². The molecule has 0 radical (unpaired) electrons. The highest BCUT2D eigenvalue weighted by Crippen LogP contribution is 2.12. The molecule has 0 saturated heterocycles. The van der Waals surface area contributed by atoms with Gasteiger partial charge >= 0.3 is 6.03 Å². The SMILES string of the molecule is CCCCNC(=O)NC(=O)CSc1nnnn1CCN. The number of tetrazole rings is 1. The first-order chi connectivity index (χ1) is 9.67. The van der Waals surface area contributed by atoms with E-state index in [0.717, 1.165) is 24.6 Å². The summed E-state index contributed by atoms with van der Waals surface area (Å²) in [5, 5.41) is 16.4. The van der Waals surface area contributed by atoms with Crippen molar-refractivity contribution in [3.63, 3.8) is 0 Å². The van der Waals surface area contributed by atoms with E-state index >= 15 is 0 Å². The first kappa shape index (κ1) is 16.4. The quantitative estimate of drug-likeness (QED) is 0.430. The molecule has 0 saturated carbocycles. The minimum absolute atomic E-state index is 0.0616. The number of nitrogens with two attached hydrogens (primary N) is 1. The van der Waals surface area contributed by atoms with E-state index in [1.54, 1.807) is 0 Å². The average molecular weight is 301 g/mol. The summed E-state index contributed by atoms with van der Waals surface area (Å²) in [5.74, 6) is -0.335. The molecule has 0 aliphatic rings. The molecular weight excluding hydrogens is 282 g/mol. The summed E-state index contributed by atoms with van der Waals surface area (Å²) >= 11 is 1.15. The van der Waals surface area contributed by atoms with E-state index < -0.39 is 11.9 Å².